The van der Waals surface area contributed by atoms with E-state index in [9.17, 15) is 35.1 Å². The molecule has 0 saturated carbocycles. The molecule has 0 aliphatic carbocycles. The number of carboxylic acid groups (broad SMARTS) is 1. The van der Waals surface area contributed by atoms with Crippen LogP contribution in [0, 0.1) is 0 Å². The second-order valence-electron chi connectivity index (χ2n) is 6.79. The summed E-state index contributed by atoms with van der Waals surface area (Å²) in [4.78, 5) is 22.6. The van der Waals surface area contributed by atoms with Gasteiger partial charge in [0.15, 0.2) is 0 Å². The van der Waals surface area contributed by atoms with Crippen LogP contribution in [-0.2, 0) is 20.9 Å². The average Bonchev–Trinajstić information content (AvgIpc) is 2.66. The van der Waals surface area contributed by atoms with Crippen LogP contribution in [0.25, 0.3) is 0 Å². The maximum atomic E-state index is 11.3. The number of aliphatic carboxylic acids is 1. The molecule has 6 atom stereocenters. The summed E-state index contributed by atoms with van der Waals surface area (Å²) in [5.41, 5.74) is 0.518. The fourth-order valence-corrected chi connectivity index (χ4v) is 3.11. The molecule has 1 aliphatic heterocycles. The van der Waals surface area contributed by atoms with Gasteiger partial charge in [0.1, 0.15) is 24.1 Å². The van der Waals surface area contributed by atoms with Crippen LogP contribution in [0.5, 0.6) is 5.75 Å². The third-order valence-electron chi connectivity index (χ3n) is 4.59. The molecule has 1 unspecified atom stereocenters. The molecule has 0 bridgehead atoms. The Hall–Kier alpha value is -2.12. The first-order chi connectivity index (χ1) is 13.6. The average molecular weight is 415 g/mol. The van der Waals surface area contributed by atoms with Gasteiger partial charge in [0, 0.05) is 25.5 Å². The van der Waals surface area contributed by atoms with Crippen molar-refractivity contribution >= 4 is 11.9 Å². The lowest BCUT2D eigenvalue weighted by atomic mass is 9.88. The SMILES string of the molecule is CC(=O)Oc1ccccc1CN[C@H]1[C@H]([C@H](O)[C@H](O)CO)OC(O)(C(=O)O)C[C@@H]1O. The fourth-order valence-electron chi connectivity index (χ4n) is 3.11. The van der Waals surface area contributed by atoms with Gasteiger partial charge in [-0.05, 0) is 6.07 Å². The highest BCUT2D eigenvalue weighted by atomic mass is 16.7. The number of nitrogens with one attached hydrogen (secondary N) is 1. The number of hydrogen-bond acceptors (Lipinski definition) is 10. The number of rotatable bonds is 8. The van der Waals surface area contributed by atoms with Crippen molar-refractivity contribution in [2.24, 2.45) is 0 Å². The Labute approximate surface area is 166 Å². The van der Waals surface area contributed by atoms with E-state index in [0.29, 0.717) is 5.56 Å². The molecule has 29 heavy (non-hydrogen) atoms. The second kappa shape index (κ2) is 9.59. The first-order valence-electron chi connectivity index (χ1n) is 8.87. The second-order valence-corrected chi connectivity index (χ2v) is 6.79. The van der Waals surface area contributed by atoms with Crippen molar-refractivity contribution in [3.63, 3.8) is 0 Å². The van der Waals surface area contributed by atoms with Crippen LogP contribution in [0.1, 0.15) is 18.9 Å². The summed E-state index contributed by atoms with van der Waals surface area (Å²) in [5, 5.41) is 61.7. The molecular formula is C18H25NO10. The molecular weight excluding hydrogens is 390 g/mol. The van der Waals surface area contributed by atoms with Crippen molar-refractivity contribution in [3.8, 4) is 5.75 Å². The predicted octanol–water partition coefficient (Wildman–Crippen LogP) is -2.29. The summed E-state index contributed by atoms with van der Waals surface area (Å²) in [7, 11) is 0. The molecule has 1 aromatic carbocycles. The van der Waals surface area contributed by atoms with Gasteiger partial charge in [0.2, 0.25) is 0 Å². The minimum atomic E-state index is -2.78. The number of carbonyl (C=O) groups is 2. The number of carbonyl (C=O) groups excluding carboxylic acids is 1. The third-order valence-corrected chi connectivity index (χ3v) is 4.59. The van der Waals surface area contributed by atoms with Crippen molar-refractivity contribution in [3.05, 3.63) is 29.8 Å². The molecule has 1 aromatic rings. The molecule has 1 saturated heterocycles. The number of hydrogen-bond donors (Lipinski definition) is 7. The summed E-state index contributed by atoms with van der Waals surface area (Å²) in [6.45, 7) is 0.390. The molecule has 0 spiro atoms. The summed E-state index contributed by atoms with van der Waals surface area (Å²) in [6.07, 6.45) is -7.30. The standard InChI is InChI=1S/C18H25NO10/c1-9(21)28-13-5-3-2-4-10(13)7-19-14-11(22)6-18(27,17(25)26)29-16(14)15(24)12(23)8-20/h2-5,11-12,14-16,19-20,22-24,27H,6-8H2,1H3,(H,25,26)/t11-,12+,14+,15+,16+,18?/m0/s1. The van der Waals surface area contributed by atoms with Gasteiger partial charge in [0.05, 0.1) is 18.8 Å². The lowest BCUT2D eigenvalue weighted by molar-refractivity contribution is -0.295. The smallest absolute Gasteiger partial charge is 0.364 e. The Balaban J connectivity index is 2.24. The number of esters is 1. The highest BCUT2D eigenvalue weighted by molar-refractivity contribution is 5.75. The zero-order valence-corrected chi connectivity index (χ0v) is 15.6. The Kier molecular flexibility index (Phi) is 7.66. The number of para-hydroxylation sites is 1. The molecule has 11 heteroatoms. The van der Waals surface area contributed by atoms with Crippen LogP contribution >= 0.6 is 0 Å². The normalized spacial score (nSPS) is 29.1. The highest BCUT2D eigenvalue weighted by Crippen LogP contribution is 2.31. The number of carboxylic acids is 1. The zero-order chi connectivity index (χ0) is 21.8. The van der Waals surface area contributed by atoms with Gasteiger partial charge in [-0.1, -0.05) is 18.2 Å². The maximum Gasteiger partial charge on any atom is 0.364 e. The van der Waals surface area contributed by atoms with Gasteiger partial charge in [0.25, 0.3) is 5.79 Å². The Morgan fingerprint density at radius 2 is 2.00 bits per heavy atom. The van der Waals surface area contributed by atoms with E-state index in [0.717, 1.165) is 0 Å². The van der Waals surface area contributed by atoms with Crippen LogP contribution in [0.15, 0.2) is 24.3 Å². The molecule has 7 N–H and O–H groups in total. The Morgan fingerprint density at radius 3 is 2.59 bits per heavy atom. The fraction of sp³-hybridized carbons (Fsp3) is 0.556. The van der Waals surface area contributed by atoms with E-state index in [-0.39, 0.29) is 12.3 Å². The number of benzene rings is 1. The molecule has 0 radical (unpaired) electrons. The van der Waals surface area contributed by atoms with Gasteiger partial charge in [-0.25, -0.2) is 4.79 Å². The van der Waals surface area contributed by atoms with Gasteiger partial charge >= 0.3 is 11.9 Å². The van der Waals surface area contributed by atoms with Crippen molar-refractivity contribution in [2.75, 3.05) is 6.61 Å². The Bertz CT molecular complexity index is 728. The summed E-state index contributed by atoms with van der Waals surface area (Å²) >= 11 is 0. The molecule has 1 heterocycles. The van der Waals surface area contributed by atoms with E-state index >= 15 is 0 Å². The molecule has 1 aliphatic rings. The maximum absolute atomic E-state index is 11.3. The lowest BCUT2D eigenvalue weighted by Gasteiger charge is -2.45. The van der Waals surface area contributed by atoms with Crippen LogP contribution in [0.3, 0.4) is 0 Å². The molecule has 0 amide bonds. The first-order valence-corrected chi connectivity index (χ1v) is 8.87. The predicted molar refractivity (Wildman–Crippen MR) is 95.6 cm³/mol. The third kappa shape index (κ3) is 5.48. The zero-order valence-electron chi connectivity index (χ0n) is 15.6. The van der Waals surface area contributed by atoms with Crippen LogP contribution < -0.4 is 10.1 Å². The van der Waals surface area contributed by atoms with E-state index < -0.39 is 61.2 Å². The largest absolute Gasteiger partial charge is 0.477 e. The topological polar surface area (TPSA) is 186 Å². The molecule has 0 aromatic heterocycles. The van der Waals surface area contributed by atoms with E-state index in [1.807, 2.05) is 0 Å². The minimum absolute atomic E-state index is 0.0124. The quantitative estimate of drug-likeness (QED) is 0.179. The summed E-state index contributed by atoms with van der Waals surface area (Å²) < 4.78 is 10.2. The van der Waals surface area contributed by atoms with Crippen molar-refractivity contribution in [1.82, 2.24) is 5.32 Å². The highest BCUT2D eigenvalue weighted by Gasteiger charge is 2.53. The van der Waals surface area contributed by atoms with Crippen molar-refractivity contribution in [1.29, 1.82) is 0 Å². The van der Waals surface area contributed by atoms with E-state index in [2.05, 4.69) is 5.32 Å². The number of aliphatic hydroxyl groups is 5. The van der Waals surface area contributed by atoms with Crippen LogP contribution in [0.2, 0.25) is 0 Å². The first kappa shape index (κ1) is 23.2. The number of ether oxygens (including phenoxy) is 2. The monoisotopic (exact) mass is 415 g/mol. The molecule has 2 rings (SSSR count). The molecule has 162 valence electrons. The van der Waals surface area contributed by atoms with E-state index in [4.69, 9.17) is 14.6 Å². The summed E-state index contributed by atoms with van der Waals surface area (Å²) in [5.74, 6) is -4.84. The summed E-state index contributed by atoms with van der Waals surface area (Å²) in [6, 6.07) is 5.40. The van der Waals surface area contributed by atoms with Gasteiger partial charge in [-0.3, -0.25) is 4.79 Å². The minimum Gasteiger partial charge on any atom is -0.477 e. The molecule has 1 fully saturated rings. The Morgan fingerprint density at radius 1 is 1.34 bits per heavy atom. The van der Waals surface area contributed by atoms with Crippen LogP contribution in [0.4, 0.5) is 0 Å². The number of aliphatic hydroxyl groups excluding tert-OH is 4. The van der Waals surface area contributed by atoms with E-state index in [1.165, 1.54) is 6.92 Å². The van der Waals surface area contributed by atoms with Crippen LogP contribution in [-0.4, -0.2) is 85.4 Å². The van der Waals surface area contributed by atoms with Gasteiger partial charge < -0.3 is 45.4 Å². The van der Waals surface area contributed by atoms with Crippen molar-refractivity contribution in [2.45, 2.75) is 56.1 Å². The lowest BCUT2D eigenvalue weighted by Crippen LogP contribution is -2.66. The van der Waals surface area contributed by atoms with E-state index in [1.54, 1.807) is 24.3 Å². The van der Waals surface area contributed by atoms with Gasteiger partial charge in [-0.2, -0.15) is 0 Å². The van der Waals surface area contributed by atoms with Crippen molar-refractivity contribution < 1.29 is 49.7 Å². The molecule has 11 nitrogen and oxygen atoms in total. The van der Waals surface area contributed by atoms with Gasteiger partial charge in [-0.15, -0.1) is 0 Å².